The van der Waals surface area contributed by atoms with Gasteiger partial charge in [-0.2, -0.15) is 0 Å². The van der Waals surface area contributed by atoms with E-state index in [0.717, 1.165) is 17.9 Å². The van der Waals surface area contributed by atoms with Crippen molar-refractivity contribution in [2.75, 3.05) is 0 Å². The third-order valence-corrected chi connectivity index (χ3v) is 4.09. The fraction of sp³-hybridized carbons (Fsp3) is 0.667. The Morgan fingerprint density at radius 2 is 1.68 bits per heavy atom. The van der Waals surface area contributed by atoms with Gasteiger partial charge in [0.1, 0.15) is 5.75 Å². The molecule has 19 heavy (non-hydrogen) atoms. The molecule has 0 aliphatic heterocycles. The highest BCUT2D eigenvalue weighted by atomic mass is 16.3. The van der Waals surface area contributed by atoms with Gasteiger partial charge in [-0.1, -0.05) is 77.0 Å². The fourth-order valence-corrected chi connectivity index (χ4v) is 2.72. The van der Waals surface area contributed by atoms with Gasteiger partial charge in [-0.25, -0.2) is 0 Å². The summed E-state index contributed by atoms with van der Waals surface area (Å²) < 4.78 is 0. The van der Waals surface area contributed by atoms with E-state index in [1.165, 1.54) is 51.4 Å². The number of rotatable bonds is 10. The van der Waals surface area contributed by atoms with Crippen molar-refractivity contribution in [1.29, 1.82) is 0 Å². The molecular formula is C18H30O. The molecule has 0 aliphatic rings. The maximum Gasteiger partial charge on any atom is 0.118 e. The lowest BCUT2D eigenvalue weighted by Crippen LogP contribution is -2.00. The molecule has 0 spiro atoms. The summed E-state index contributed by atoms with van der Waals surface area (Å²) in [6.07, 6.45) is 11.7. The van der Waals surface area contributed by atoms with Gasteiger partial charge in [0.05, 0.1) is 0 Å². The van der Waals surface area contributed by atoms with E-state index in [2.05, 4.69) is 13.8 Å². The summed E-state index contributed by atoms with van der Waals surface area (Å²) in [6, 6.07) is 7.73. The zero-order valence-electron chi connectivity index (χ0n) is 12.7. The normalized spacial score (nSPS) is 12.5. The summed E-state index contributed by atoms with van der Waals surface area (Å²) >= 11 is 0. The predicted molar refractivity (Wildman–Crippen MR) is 83.6 cm³/mol. The molecule has 0 aromatic heterocycles. The number of hydrogen-bond acceptors (Lipinski definition) is 1. The van der Waals surface area contributed by atoms with Crippen molar-refractivity contribution in [2.45, 2.75) is 71.6 Å². The van der Waals surface area contributed by atoms with E-state index < -0.39 is 0 Å². The van der Waals surface area contributed by atoms with Gasteiger partial charge in [-0.05, 0) is 30.4 Å². The Morgan fingerprint density at radius 3 is 2.37 bits per heavy atom. The quantitative estimate of drug-likeness (QED) is 0.535. The van der Waals surface area contributed by atoms with Gasteiger partial charge in [0.15, 0.2) is 0 Å². The van der Waals surface area contributed by atoms with Crippen molar-refractivity contribution >= 4 is 0 Å². The zero-order valence-corrected chi connectivity index (χ0v) is 12.7. The van der Waals surface area contributed by atoms with Gasteiger partial charge in [-0.3, -0.25) is 0 Å². The van der Waals surface area contributed by atoms with Crippen LogP contribution in [-0.4, -0.2) is 5.11 Å². The third-order valence-electron chi connectivity index (χ3n) is 4.09. The number of aromatic hydroxyl groups is 1. The van der Waals surface area contributed by atoms with Crippen LogP contribution in [0.4, 0.5) is 0 Å². The number of unbranched alkanes of at least 4 members (excludes halogenated alkanes) is 3. The minimum absolute atomic E-state index is 0.457. The maximum absolute atomic E-state index is 9.73. The van der Waals surface area contributed by atoms with Crippen molar-refractivity contribution in [3.05, 3.63) is 29.8 Å². The summed E-state index contributed by atoms with van der Waals surface area (Å²) in [5.74, 6) is 1.33. The topological polar surface area (TPSA) is 20.2 Å². The number of phenols is 1. The first-order valence-corrected chi connectivity index (χ1v) is 8.04. The molecule has 1 N–H and O–H groups in total. The zero-order chi connectivity index (χ0) is 13.9. The molecule has 1 atom stereocenters. The monoisotopic (exact) mass is 262 g/mol. The molecule has 1 heteroatoms. The molecule has 0 radical (unpaired) electrons. The third kappa shape index (κ3) is 6.66. The Kier molecular flexibility index (Phi) is 8.36. The van der Waals surface area contributed by atoms with E-state index in [0.29, 0.717) is 5.75 Å². The smallest absolute Gasteiger partial charge is 0.118 e. The highest BCUT2D eigenvalue weighted by molar-refractivity contribution is 5.31. The van der Waals surface area contributed by atoms with Crippen LogP contribution >= 0.6 is 0 Å². The van der Waals surface area contributed by atoms with Crippen LogP contribution in [0.3, 0.4) is 0 Å². The summed E-state index contributed by atoms with van der Waals surface area (Å²) in [4.78, 5) is 0. The SMILES string of the molecule is CCCCCCC(CC)CCCc1ccccc1O. The van der Waals surface area contributed by atoms with Crippen LogP contribution in [0.15, 0.2) is 24.3 Å². The maximum atomic E-state index is 9.73. The summed E-state index contributed by atoms with van der Waals surface area (Å²) in [5.41, 5.74) is 1.10. The lowest BCUT2D eigenvalue weighted by Gasteiger charge is -2.14. The van der Waals surface area contributed by atoms with Crippen LogP contribution < -0.4 is 0 Å². The number of hydrogen-bond donors (Lipinski definition) is 1. The number of benzene rings is 1. The first-order valence-electron chi connectivity index (χ1n) is 8.04. The van der Waals surface area contributed by atoms with E-state index in [4.69, 9.17) is 0 Å². The van der Waals surface area contributed by atoms with Crippen LogP contribution in [0.5, 0.6) is 5.75 Å². The Hall–Kier alpha value is -0.980. The summed E-state index contributed by atoms with van der Waals surface area (Å²) in [6.45, 7) is 4.58. The van der Waals surface area contributed by atoms with Crippen molar-refractivity contribution in [1.82, 2.24) is 0 Å². The molecule has 0 heterocycles. The van der Waals surface area contributed by atoms with E-state index in [1.807, 2.05) is 18.2 Å². The second-order valence-electron chi connectivity index (χ2n) is 5.64. The van der Waals surface area contributed by atoms with Crippen molar-refractivity contribution in [3.63, 3.8) is 0 Å². The molecule has 0 bridgehead atoms. The minimum atomic E-state index is 0.457. The van der Waals surface area contributed by atoms with Crippen LogP contribution in [0, 0.1) is 5.92 Å². The van der Waals surface area contributed by atoms with E-state index in [-0.39, 0.29) is 0 Å². The number of para-hydroxylation sites is 1. The van der Waals surface area contributed by atoms with Gasteiger partial charge in [0.2, 0.25) is 0 Å². The minimum Gasteiger partial charge on any atom is -0.508 e. The molecule has 0 aliphatic carbocycles. The first kappa shape index (κ1) is 16.1. The Labute approximate surface area is 119 Å². The van der Waals surface area contributed by atoms with E-state index >= 15 is 0 Å². The Balaban J connectivity index is 2.20. The first-order chi connectivity index (χ1) is 9.27. The second kappa shape index (κ2) is 9.89. The highest BCUT2D eigenvalue weighted by Gasteiger charge is 2.07. The van der Waals surface area contributed by atoms with Gasteiger partial charge >= 0.3 is 0 Å². The lowest BCUT2D eigenvalue weighted by molar-refractivity contribution is 0.401. The average Bonchev–Trinajstić information content (AvgIpc) is 2.43. The largest absolute Gasteiger partial charge is 0.508 e. The lowest BCUT2D eigenvalue weighted by atomic mass is 9.92. The molecular weight excluding hydrogens is 232 g/mol. The van der Waals surface area contributed by atoms with Gasteiger partial charge < -0.3 is 5.11 Å². The molecule has 0 amide bonds. The molecule has 108 valence electrons. The van der Waals surface area contributed by atoms with Crippen LogP contribution in [0.25, 0.3) is 0 Å². The van der Waals surface area contributed by atoms with Crippen LogP contribution in [0.2, 0.25) is 0 Å². The molecule has 1 unspecified atom stereocenters. The molecule has 1 nitrogen and oxygen atoms in total. The van der Waals surface area contributed by atoms with Crippen LogP contribution in [0.1, 0.15) is 70.8 Å². The predicted octanol–water partition coefficient (Wildman–Crippen LogP) is 5.71. The van der Waals surface area contributed by atoms with Crippen molar-refractivity contribution < 1.29 is 5.11 Å². The Bertz CT molecular complexity index is 332. The van der Waals surface area contributed by atoms with Crippen molar-refractivity contribution in [2.24, 2.45) is 5.92 Å². The fourth-order valence-electron chi connectivity index (χ4n) is 2.72. The van der Waals surface area contributed by atoms with Gasteiger partial charge in [0, 0.05) is 0 Å². The standard InChI is InChI=1S/C18H30O/c1-3-5-6-7-11-16(4-2)12-10-14-17-13-8-9-15-18(17)19/h8-9,13,15-16,19H,3-7,10-12,14H2,1-2H3. The van der Waals surface area contributed by atoms with Crippen molar-refractivity contribution in [3.8, 4) is 5.75 Å². The van der Waals surface area contributed by atoms with Gasteiger partial charge in [-0.15, -0.1) is 0 Å². The van der Waals surface area contributed by atoms with Crippen LogP contribution in [-0.2, 0) is 6.42 Å². The molecule has 1 aromatic rings. The summed E-state index contributed by atoms with van der Waals surface area (Å²) in [5, 5.41) is 9.73. The Morgan fingerprint density at radius 1 is 0.947 bits per heavy atom. The highest BCUT2D eigenvalue weighted by Crippen LogP contribution is 2.23. The molecule has 0 saturated carbocycles. The van der Waals surface area contributed by atoms with E-state index in [9.17, 15) is 5.11 Å². The molecule has 1 rings (SSSR count). The average molecular weight is 262 g/mol. The summed E-state index contributed by atoms with van der Waals surface area (Å²) in [7, 11) is 0. The van der Waals surface area contributed by atoms with Gasteiger partial charge in [0.25, 0.3) is 0 Å². The van der Waals surface area contributed by atoms with E-state index in [1.54, 1.807) is 6.07 Å². The molecule has 1 aromatic carbocycles. The number of phenolic OH excluding ortho intramolecular Hbond substituents is 1. The second-order valence-corrected chi connectivity index (χ2v) is 5.64. The molecule has 0 saturated heterocycles. The number of aryl methyl sites for hydroxylation is 1. The molecule has 0 fully saturated rings.